The number of aromatic nitrogens is 1. The molecule has 2 aliphatic heterocycles. The first-order valence-corrected chi connectivity index (χ1v) is 9.97. The van der Waals surface area contributed by atoms with Gasteiger partial charge in [-0.05, 0) is 56.1 Å². The van der Waals surface area contributed by atoms with E-state index >= 15 is 4.39 Å². The van der Waals surface area contributed by atoms with E-state index in [1.165, 1.54) is 12.8 Å². The van der Waals surface area contributed by atoms with Crippen LogP contribution in [-0.4, -0.2) is 45.9 Å². The summed E-state index contributed by atoms with van der Waals surface area (Å²) >= 11 is 0. The highest BCUT2D eigenvalue weighted by molar-refractivity contribution is 6.15. The maximum Gasteiger partial charge on any atom is 0.312 e. The lowest BCUT2D eigenvalue weighted by molar-refractivity contribution is -0.139. The fraction of sp³-hybridized carbons (Fsp3) is 0.455. The quantitative estimate of drug-likeness (QED) is 0.855. The van der Waals surface area contributed by atoms with Gasteiger partial charge in [-0.25, -0.2) is 4.39 Å². The van der Waals surface area contributed by atoms with Crippen molar-refractivity contribution in [3.05, 3.63) is 46.9 Å². The average molecular weight is 383 g/mol. The van der Waals surface area contributed by atoms with Gasteiger partial charge >= 0.3 is 5.97 Å². The number of hydrogen-bond acceptors (Lipinski definition) is 3. The molecule has 0 radical (unpaired) electrons. The molecule has 0 bridgehead atoms. The number of carbonyl (C=O) groups is 1. The van der Waals surface area contributed by atoms with Crippen molar-refractivity contribution in [2.75, 3.05) is 19.6 Å². The number of allylic oxidation sites excluding steroid dienone is 1. The predicted molar refractivity (Wildman–Crippen MR) is 108 cm³/mol. The van der Waals surface area contributed by atoms with Crippen LogP contribution in [0.25, 0.3) is 10.9 Å². The molecule has 1 fully saturated rings. The summed E-state index contributed by atoms with van der Waals surface area (Å²) in [6.45, 7) is 5.13. The number of carboxylic acids is 1. The van der Waals surface area contributed by atoms with E-state index in [-0.39, 0.29) is 12.4 Å². The van der Waals surface area contributed by atoms with Crippen LogP contribution in [0.3, 0.4) is 0 Å². The first kappa shape index (κ1) is 18.9. The number of aliphatic carboxylic acids is 1. The van der Waals surface area contributed by atoms with E-state index in [1.807, 2.05) is 26.1 Å². The van der Waals surface area contributed by atoms with Crippen LogP contribution in [0.4, 0.5) is 4.39 Å². The van der Waals surface area contributed by atoms with Gasteiger partial charge in [0.15, 0.2) is 0 Å². The lowest BCUT2D eigenvalue weighted by atomic mass is 9.92. The van der Waals surface area contributed by atoms with E-state index in [2.05, 4.69) is 14.5 Å². The van der Waals surface area contributed by atoms with Crippen molar-refractivity contribution < 1.29 is 14.3 Å². The molecule has 0 saturated carbocycles. The van der Waals surface area contributed by atoms with Crippen molar-refractivity contribution in [2.45, 2.75) is 32.7 Å². The minimum Gasteiger partial charge on any atom is -0.481 e. The average Bonchev–Trinajstić information content (AvgIpc) is 3.31. The summed E-state index contributed by atoms with van der Waals surface area (Å²) < 4.78 is 17.5. The number of benzene rings is 1. The molecule has 1 N–H and O–H groups in total. The van der Waals surface area contributed by atoms with Gasteiger partial charge in [0.25, 0.3) is 0 Å². The maximum absolute atomic E-state index is 15.5. The standard InChI is InChI=1S/C22H26FN3O2/c1-3-14-10-15(22(27)28)12-24-21(14)17-6-7-19-18(20(17)23)11-16(25(19)2)13-26-8-4-5-9-26/h6-7,10-11,15H,3-5,8-9,12-13H2,1-2H3,(H,27,28). The van der Waals surface area contributed by atoms with Crippen molar-refractivity contribution >= 4 is 22.6 Å². The van der Waals surface area contributed by atoms with Crippen molar-refractivity contribution in [1.29, 1.82) is 0 Å². The fourth-order valence-corrected chi connectivity index (χ4v) is 4.29. The predicted octanol–water partition coefficient (Wildman–Crippen LogP) is 3.75. The molecule has 5 nitrogen and oxygen atoms in total. The van der Waals surface area contributed by atoms with Crippen molar-refractivity contribution in [3.8, 4) is 0 Å². The molecule has 1 atom stereocenters. The number of rotatable bonds is 5. The third kappa shape index (κ3) is 3.26. The molecule has 4 rings (SSSR count). The van der Waals surface area contributed by atoms with Crippen LogP contribution in [0.1, 0.15) is 37.4 Å². The Balaban J connectivity index is 1.72. The first-order valence-electron chi connectivity index (χ1n) is 9.97. The second-order valence-corrected chi connectivity index (χ2v) is 7.72. The molecule has 3 heterocycles. The number of fused-ring (bicyclic) bond motifs is 1. The van der Waals surface area contributed by atoms with Crippen LogP contribution in [0.5, 0.6) is 0 Å². The zero-order chi connectivity index (χ0) is 19.8. The molecule has 1 saturated heterocycles. The van der Waals surface area contributed by atoms with E-state index in [4.69, 9.17) is 0 Å². The zero-order valence-corrected chi connectivity index (χ0v) is 16.4. The van der Waals surface area contributed by atoms with Gasteiger partial charge in [-0.3, -0.25) is 14.7 Å². The molecule has 2 aromatic rings. The van der Waals surface area contributed by atoms with Gasteiger partial charge in [-0.15, -0.1) is 0 Å². The normalized spacial score (nSPS) is 20.5. The molecule has 0 spiro atoms. The molecular formula is C22H26FN3O2. The SMILES string of the molecule is CCC1=CC(C(=O)O)CN=C1c1ccc2c(cc(CN3CCCC3)n2C)c1F. The molecule has 2 aliphatic rings. The third-order valence-electron chi connectivity index (χ3n) is 5.95. The molecule has 148 valence electrons. The Kier molecular flexibility index (Phi) is 5.06. The molecule has 0 aliphatic carbocycles. The highest BCUT2D eigenvalue weighted by Gasteiger charge is 2.25. The molecule has 0 amide bonds. The topological polar surface area (TPSA) is 57.8 Å². The monoisotopic (exact) mass is 383 g/mol. The number of halogens is 1. The smallest absolute Gasteiger partial charge is 0.312 e. The van der Waals surface area contributed by atoms with Gasteiger partial charge in [0.05, 0.1) is 23.7 Å². The second-order valence-electron chi connectivity index (χ2n) is 7.72. The number of dihydropyridines is 1. The lowest BCUT2D eigenvalue weighted by Crippen LogP contribution is -2.23. The Morgan fingerprint density at radius 2 is 2.07 bits per heavy atom. The van der Waals surface area contributed by atoms with Crippen LogP contribution < -0.4 is 0 Å². The van der Waals surface area contributed by atoms with Gasteiger partial charge in [0.2, 0.25) is 0 Å². The van der Waals surface area contributed by atoms with Crippen molar-refractivity contribution in [3.63, 3.8) is 0 Å². The summed E-state index contributed by atoms with van der Waals surface area (Å²) in [4.78, 5) is 18.1. The van der Waals surface area contributed by atoms with Gasteiger partial charge in [0, 0.05) is 30.2 Å². The summed E-state index contributed by atoms with van der Waals surface area (Å²) in [6, 6.07) is 5.67. The summed E-state index contributed by atoms with van der Waals surface area (Å²) in [7, 11) is 1.99. The van der Waals surface area contributed by atoms with Gasteiger partial charge in [-0.2, -0.15) is 0 Å². The van der Waals surface area contributed by atoms with Gasteiger partial charge in [0.1, 0.15) is 5.82 Å². The summed E-state index contributed by atoms with van der Waals surface area (Å²) in [5.41, 5.74) is 3.82. The van der Waals surface area contributed by atoms with E-state index in [9.17, 15) is 9.90 Å². The van der Waals surface area contributed by atoms with E-state index in [0.717, 1.165) is 36.4 Å². The maximum atomic E-state index is 15.5. The lowest BCUT2D eigenvalue weighted by Gasteiger charge is -2.19. The molecule has 1 unspecified atom stereocenters. The number of aliphatic imine (C=N–C) groups is 1. The molecule has 1 aromatic heterocycles. The first-order chi connectivity index (χ1) is 13.5. The second kappa shape index (κ2) is 7.51. The van der Waals surface area contributed by atoms with Crippen molar-refractivity contribution in [1.82, 2.24) is 9.47 Å². The molecule has 6 heteroatoms. The van der Waals surface area contributed by atoms with Gasteiger partial charge in [-0.1, -0.05) is 13.0 Å². The van der Waals surface area contributed by atoms with Crippen molar-refractivity contribution in [2.24, 2.45) is 18.0 Å². The van der Waals surface area contributed by atoms with E-state index in [0.29, 0.717) is 23.1 Å². The fourth-order valence-electron chi connectivity index (χ4n) is 4.29. The Bertz CT molecular complexity index is 983. The summed E-state index contributed by atoms with van der Waals surface area (Å²) in [6.07, 6.45) is 4.80. The number of nitrogens with zero attached hydrogens (tertiary/aromatic N) is 3. The Hall–Kier alpha value is -2.47. The number of aryl methyl sites for hydroxylation is 1. The van der Waals surface area contributed by atoms with E-state index in [1.54, 1.807) is 12.1 Å². The zero-order valence-electron chi connectivity index (χ0n) is 16.4. The largest absolute Gasteiger partial charge is 0.481 e. The van der Waals surface area contributed by atoms with Crippen LogP contribution >= 0.6 is 0 Å². The van der Waals surface area contributed by atoms with Crippen LogP contribution in [-0.2, 0) is 18.4 Å². The number of carboxylic acid groups (broad SMARTS) is 1. The summed E-state index contributed by atoms with van der Waals surface area (Å²) in [5, 5.41) is 9.86. The highest BCUT2D eigenvalue weighted by Crippen LogP contribution is 2.29. The Labute approximate surface area is 164 Å². The Morgan fingerprint density at radius 1 is 1.32 bits per heavy atom. The molecule has 1 aromatic carbocycles. The Morgan fingerprint density at radius 3 is 2.75 bits per heavy atom. The van der Waals surface area contributed by atoms with Crippen LogP contribution in [0, 0.1) is 11.7 Å². The molecule has 28 heavy (non-hydrogen) atoms. The van der Waals surface area contributed by atoms with E-state index < -0.39 is 11.9 Å². The van der Waals surface area contributed by atoms with Crippen LogP contribution in [0.15, 0.2) is 34.8 Å². The highest BCUT2D eigenvalue weighted by atomic mass is 19.1. The number of hydrogen-bond donors (Lipinski definition) is 1. The minimum absolute atomic E-state index is 0.153. The third-order valence-corrected chi connectivity index (χ3v) is 5.95. The minimum atomic E-state index is -0.890. The van der Waals surface area contributed by atoms with Crippen LogP contribution in [0.2, 0.25) is 0 Å². The molecular weight excluding hydrogens is 357 g/mol. The number of likely N-dealkylation sites (tertiary alicyclic amines) is 1. The van der Waals surface area contributed by atoms with Gasteiger partial charge < -0.3 is 9.67 Å². The summed E-state index contributed by atoms with van der Waals surface area (Å²) in [5.74, 6) is -1.79.